The number of benzene rings is 2. The van der Waals surface area contributed by atoms with Gasteiger partial charge in [0.15, 0.2) is 9.84 Å². The van der Waals surface area contributed by atoms with E-state index in [1.165, 1.54) is 12.4 Å². The third-order valence-electron chi connectivity index (χ3n) is 7.18. The van der Waals surface area contributed by atoms with E-state index < -0.39 is 55.9 Å². The van der Waals surface area contributed by atoms with E-state index in [0.29, 0.717) is 17.7 Å². The van der Waals surface area contributed by atoms with Gasteiger partial charge in [-0.05, 0) is 66.8 Å². The van der Waals surface area contributed by atoms with E-state index in [-0.39, 0.29) is 48.3 Å². The Morgan fingerprint density at radius 1 is 0.878 bits per heavy atom. The monoisotopic (exact) mass is 606 g/mol. The van der Waals surface area contributed by atoms with E-state index in [2.05, 4.69) is 10.3 Å². The summed E-state index contributed by atoms with van der Waals surface area (Å²) in [4.78, 5) is 16.1. The fraction of sp³-hybridized carbons (Fsp3) is 0.333. The summed E-state index contributed by atoms with van der Waals surface area (Å²) in [5, 5.41) is 2.72. The van der Waals surface area contributed by atoms with Crippen molar-refractivity contribution in [1.82, 2.24) is 10.3 Å². The number of amides is 1. The number of nitrogens with one attached hydrogen (secondary N) is 1. The quantitative estimate of drug-likeness (QED) is 0.261. The van der Waals surface area contributed by atoms with Crippen molar-refractivity contribution in [2.45, 2.75) is 59.4 Å². The molecule has 0 bridgehead atoms. The smallest absolute Gasteiger partial charge is 0.353 e. The largest absolute Gasteiger partial charge is 0.435 e. The van der Waals surface area contributed by atoms with Crippen molar-refractivity contribution in [3.05, 3.63) is 95.6 Å². The maximum Gasteiger partial charge on any atom is 0.435 e. The number of sulfone groups is 1. The topological polar surface area (TPSA) is 76.1 Å². The average molecular weight is 607 g/mol. The van der Waals surface area contributed by atoms with Crippen molar-refractivity contribution >= 4 is 15.7 Å². The molecule has 41 heavy (non-hydrogen) atoms. The highest BCUT2D eigenvalue weighted by Crippen LogP contribution is 2.54. The Balaban J connectivity index is 1.73. The van der Waals surface area contributed by atoms with Gasteiger partial charge in [-0.1, -0.05) is 24.3 Å². The number of pyridine rings is 1. The first kappa shape index (κ1) is 30.4. The Hall–Kier alpha value is -3.55. The summed E-state index contributed by atoms with van der Waals surface area (Å²) in [5.41, 5.74) is -7.04. The lowest BCUT2D eigenvalue weighted by atomic mass is 9.89. The van der Waals surface area contributed by atoms with Gasteiger partial charge < -0.3 is 5.32 Å². The van der Waals surface area contributed by atoms with Gasteiger partial charge >= 0.3 is 18.0 Å². The molecule has 1 aromatic heterocycles. The molecule has 1 aliphatic carbocycles. The number of halogens is 8. The summed E-state index contributed by atoms with van der Waals surface area (Å²) in [7, 11) is -4.47. The van der Waals surface area contributed by atoms with Gasteiger partial charge in [0.25, 0.3) is 0 Å². The molecule has 0 radical (unpaired) electrons. The van der Waals surface area contributed by atoms with Crippen molar-refractivity contribution in [2.75, 3.05) is 0 Å². The zero-order valence-corrected chi connectivity index (χ0v) is 21.8. The van der Waals surface area contributed by atoms with E-state index in [1.54, 1.807) is 12.1 Å². The van der Waals surface area contributed by atoms with Gasteiger partial charge in [-0.25, -0.2) is 17.2 Å². The molecule has 1 saturated carbocycles. The fourth-order valence-corrected chi connectivity index (χ4v) is 7.29. The highest BCUT2D eigenvalue weighted by molar-refractivity contribution is 7.92. The lowest BCUT2D eigenvalue weighted by Crippen LogP contribution is -2.50. The van der Waals surface area contributed by atoms with Crippen LogP contribution in [0.2, 0.25) is 0 Å². The number of aromatic nitrogens is 1. The van der Waals surface area contributed by atoms with Crippen LogP contribution in [0, 0.1) is 5.82 Å². The van der Waals surface area contributed by atoms with Crippen molar-refractivity contribution < 1.29 is 48.3 Å². The van der Waals surface area contributed by atoms with E-state index in [1.807, 2.05) is 0 Å². The molecule has 2 atom stereocenters. The molecule has 1 N–H and O–H groups in total. The third-order valence-corrected chi connectivity index (χ3v) is 9.71. The molecular formula is C27H22F8N2O3S. The van der Waals surface area contributed by atoms with E-state index >= 15 is 0 Å². The number of nitrogens with zero attached hydrogens (tertiary/aromatic N) is 1. The number of alkyl halides is 7. The number of hydrogen-bond acceptors (Lipinski definition) is 4. The molecule has 0 saturated heterocycles. The van der Waals surface area contributed by atoms with Crippen molar-refractivity contribution in [3.63, 3.8) is 0 Å². The second-order valence-electron chi connectivity index (χ2n) is 9.72. The molecular weight excluding hydrogens is 584 g/mol. The first-order valence-corrected chi connectivity index (χ1v) is 13.6. The second-order valence-corrected chi connectivity index (χ2v) is 12.0. The summed E-state index contributed by atoms with van der Waals surface area (Å²) in [6.45, 7) is 0. The van der Waals surface area contributed by atoms with Crippen LogP contribution in [-0.4, -0.2) is 37.7 Å². The molecule has 0 unspecified atom stereocenters. The summed E-state index contributed by atoms with van der Waals surface area (Å²) >= 11 is 0. The zero-order valence-electron chi connectivity index (χ0n) is 20.9. The third kappa shape index (κ3) is 5.53. The summed E-state index contributed by atoms with van der Waals surface area (Å²) in [6, 6.07) is 8.13. The fourth-order valence-electron chi connectivity index (χ4n) is 5.09. The van der Waals surface area contributed by atoms with Crippen LogP contribution >= 0.6 is 0 Å². The van der Waals surface area contributed by atoms with Gasteiger partial charge in [0.05, 0.1) is 11.3 Å². The van der Waals surface area contributed by atoms with Crippen LogP contribution in [0.1, 0.15) is 36.0 Å². The summed E-state index contributed by atoms with van der Waals surface area (Å²) < 4.78 is 134. The predicted octanol–water partition coefficient (Wildman–Crippen LogP) is 6.09. The van der Waals surface area contributed by atoms with Crippen LogP contribution < -0.4 is 5.32 Å². The van der Waals surface area contributed by atoms with Crippen LogP contribution in [0.25, 0.3) is 0 Å². The Morgan fingerprint density at radius 2 is 1.44 bits per heavy atom. The molecule has 1 amide bonds. The first-order valence-electron chi connectivity index (χ1n) is 12.1. The minimum Gasteiger partial charge on any atom is -0.353 e. The number of carbonyl (C=O) groups is 1. The molecule has 5 nitrogen and oxygen atoms in total. The maximum absolute atomic E-state index is 14.6. The maximum atomic E-state index is 14.6. The molecule has 220 valence electrons. The van der Waals surface area contributed by atoms with Crippen LogP contribution in [0.3, 0.4) is 0 Å². The summed E-state index contributed by atoms with van der Waals surface area (Å²) in [5.74, 6) is -1.20. The SMILES string of the molecule is O=C(Cc1ccncc1)N[C@@H]1CC[C@](c2ccc(C(F)(C(F)(F)F)C(F)(F)F)cc2)(S(=O)(=O)c2ccc(F)cc2)C1. The number of carbonyl (C=O) groups excluding carboxylic acids is 1. The Bertz CT molecular complexity index is 1480. The minimum absolute atomic E-state index is 0.0567. The predicted molar refractivity (Wildman–Crippen MR) is 130 cm³/mol. The van der Waals surface area contributed by atoms with Crippen LogP contribution in [0.4, 0.5) is 35.1 Å². The number of rotatable bonds is 7. The van der Waals surface area contributed by atoms with Crippen LogP contribution in [0.15, 0.2) is 78.0 Å². The Labute approximate surface area is 229 Å². The molecule has 3 aromatic rings. The molecule has 2 aromatic carbocycles. The zero-order chi connectivity index (χ0) is 30.3. The van der Waals surface area contributed by atoms with Gasteiger partial charge in [0.1, 0.15) is 10.6 Å². The second kappa shape index (κ2) is 10.7. The van der Waals surface area contributed by atoms with Gasteiger partial charge in [0.2, 0.25) is 5.91 Å². The van der Waals surface area contributed by atoms with Gasteiger partial charge in [-0.2, -0.15) is 26.3 Å². The first-order chi connectivity index (χ1) is 19.0. The minimum atomic E-state index is -6.35. The highest BCUT2D eigenvalue weighted by atomic mass is 32.2. The lowest BCUT2D eigenvalue weighted by molar-refractivity contribution is -0.348. The molecule has 0 aliphatic heterocycles. The molecule has 1 fully saturated rings. The van der Waals surface area contributed by atoms with Crippen LogP contribution in [0.5, 0.6) is 0 Å². The molecule has 1 heterocycles. The lowest BCUT2D eigenvalue weighted by Gasteiger charge is -2.32. The van der Waals surface area contributed by atoms with E-state index in [4.69, 9.17) is 0 Å². The Kier molecular flexibility index (Phi) is 7.93. The van der Waals surface area contributed by atoms with Crippen molar-refractivity contribution in [3.8, 4) is 0 Å². The van der Waals surface area contributed by atoms with Crippen molar-refractivity contribution in [1.29, 1.82) is 0 Å². The molecule has 1 aliphatic rings. The van der Waals surface area contributed by atoms with E-state index in [9.17, 15) is 48.3 Å². The molecule has 14 heteroatoms. The normalized spacial score (nSPS) is 20.1. The average Bonchev–Trinajstić information content (AvgIpc) is 3.33. The highest BCUT2D eigenvalue weighted by Gasteiger charge is 2.73. The van der Waals surface area contributed by atoms with Gasteiger partial charge in [-0.3, -0.25) is 9.78 Å². The Morgan fingerprint density at radius 3 is 1.98 bits per heavy atom. The van der Waals surface area contributed by atoms with E-state index in [0.717, 1.165) is 24.3 Å². The number of hydrogen-bond donors (Lipinski definition) is 1. The van der Waals surface area contributed by atoms with Crippen molar-refractivity contribution in [2.24, 2.45) is 0 Å². The summed E-state index contributed by atoms with van der Waals surface area (Å²) in [6.07, 6.45) is -10.2. The molecule has 0 spiro atoms. The van der Waals surface area contributed by atoms with Gasteiger partial charge in [-0.15, -0.1) is 0 Å². The standard InChI is InChI=1S/C27H22F8N2O3S/c28-20-5-7-22(8-6-20)41(39,40)24(12-9-21(16-24)37-23(38)15-17-10-13-36-14-11-17)18-1-3-19(4-2-18)25(29,26(30,31)32)27(33,34)35/h1-8,10-11,13-14,21H,9,12,15-16H2,(H,37,38)/t21-,24+/m1/s1. The van der Waals surface area contributed by atoms with Crippen LogP contribution in [-0.2, 0) is 31.5 Å². The molecule has 4 rings (SSSR count). The van der Waals surface area contributed by atoms with Gasteiger partial charge in [0, 0.05) is 24.0 Å².